The van der Waals surface area contributed by atoms with Gasteiger partial charge in [0.2, 0.25) is 5.78 Å². The van der Waals surface area contributed by atoms with Crippen molar-refractivity contribution in [2.45, 2.75) is 0 Å². The first-order chi connectivity index (χ1) is 8.56. The van der Waals surface area contributed by atoms with Crippen LogP contribution in [0.25, 0.3) is 5.57 Å². The third-order valence-corrected chi connectivity index (χ3v) is 5.34. The van der Waals surface area contributed by atoms with Gasteiger partial charge in [-0.1, -0.05) is 22.6 Å². The fourth-order valence-electron chi connectivity index (χ4n) is 1.64. The molecule has 1 aliphatic rings. The molecule has 0 bridgehead atoms. The van der Waals surface area contributed by atoms with Crippen molar-refractivity contribution in [3.05, 3.63) is 34.4 Å². The van der Waals surface area contributed by atoms with Gasteiger partial charge in [0.1, 0.15) is 17.7 Å². The summed E-state index contributed by atoms with van der Waals surface area (Å²) in [7, 11) is 0. The third-order valence-electron chi connectivity index (χ3n) is 2.36. The Morgan fingerprint density at radius 1 is 1.39 bits per heavy atom. The number of fused-ring (bicyclic) bond motifs is 1. The summed E-state index contributed by atoms with van der Waals surface area (Å²) in [5, 5.41) is 17.4. The van der Waals surface area contributed by atoms with Crippen molar-refractivity contribution in [3.8, 4) is 12.1 Å². The summed E-state index contributed by atoms with van der Waals surface area (Å²) in [4.78, 5) is 12.3. The second-order valence-electron chi connectivity index (χ2n) is 3.22. The number of nitriles is 2. The highest BCUT2D eigenvalue weighted by Gasteiger charge is 2.37. The number of thiophene rings is 1. The number of ketones is 1. The Morgan fingerprint density at radius 2 is 2.00 bits per heavy atom. The lowest BCUT2D eigenvalue weighted by atomic mass is 10.0. The number of hydrogen-bond acceptors (Lipinski definition) is 4. The molecule has 1 aliphatic carbocycles. The number of hydrogen-bond donors (Lipinski definition) is 0. The maximum absolute atomic E-state index is 13.5. The number of Topliss-reactive ketones (excluding diaryl/α,β-unsaturated/α-hetero) is 1. The highest BCUT2D eigenvalue weighted by molar-refractivity contribution is 14.1. The van der Waals surface area contributed by atoms with Crippen LogP contribution in [0.15, 0.2) is 15.2 Å². The molecule has 0 spiro atoms. The molecule has 0 radical (unpaired) electrons. The smallest absolute Gasteiger partial charge is 0.204 e. The van der Waals surface area contributed by atoms with E-state index in [4.69, 9.17) is 10.5 Å². The highest BCUT2D eigenvalue weighted by Crippen LogP contribution is 2.46. The van der Waals surface area contributed by atoms with E-state index in [1.807, 2.05) is 22.6 Å². The number of allylic oxidation sites excluding steroid dienone is 3. The molecule has 0 amide bonds. The van der Waals surface area contributed by atoms with E-state index in [1.54, 1.807) is 34.7 Å². The van der Waals surface area contributed by atoms with E-state index in [0.29, 0.717) is 5.56 Å². The zero-order valence-electron chi connectivity index (χ0n) is 8.42. The van der Waals surface area contributed by atoms with Crippen molar-refractivity contribution in [2.24, 2.45) is 0 Å². The molecule has 2 rings (SSSR count). The lowest BCUT2D eigenvalue weighted by Crippen LogP contribution is -1.94. The van der Waals surface area contributed by atoms with Gasteiger partial charge in [-0.2, -0.15) is 14.9 Å². The number of carbonyl (C=O) groups is 1. The molecular weight excluding hydrogens is 481 g/mol. The molecule has 88 valence electrons. The summed E-state index contributed by atoms with van der Waals surface area (Å²) in [5.74, 6) is -0.329. The average Bonchev–Trinajstić information content (AvgIpc) is 2.79. The molecule has 1 aromatic rings. The lowest BCUT2D eigenvalue weighted by molar-refractivity contribution is 0.104. The number of rotatable bonds is 0. The van der Waals surface area contributed by atoms with Gasteiger partial charge in [-0.3, -0.25) is 4.79 Å². The van der Waals surface area contributed by atoms with Gasteiger partial charge in [0.15, 0.2) is 5.13 Å². The Hall–Kier alpha value is -0.780. The van der Waals surface area contributed by atoms with E-state index in [1.165, 1.54) is 4.08 Å². The molecule has 1 aromatic heterocycles. The monoisotopic (exact) mass is 482 g/mol. The Morgan fingerprint density at radius 3 is 2.50 bits per heavy atom. The Labute approximate surface area is 133 Å². The van der Waals surface area contributed by atoms with E-state index in [9.17, 15) is 9.18 Å². The minimum Gasteiger partial charge on any atom is -0.288 e. The summed E-state index contributed by atoms with van der Waals surface area (Å²) in [6, 6.07) is 3.51. The molecule has 0 unspecified atom stereocenters. The van der Waals surface area contributed by atoms with Crippen LogP contribution >= 0.6 is 56.5 Å². The third kappa shape index (κ3) is 1.81. The second-order valence-corrected chi connectivity index (χ2v) is 5.89. The van der Waals surface area contributed by atoms with Crippen molar-refractivity contribution < 1.29 is 9.18 Å². The van der Waals surface area contributed by atoms with Crippen molar-refractivity contribution in [1.82, 2.24) is 0 Å². The minimum atomic E-state index is -0.464. The predicted molar refractivity (Wildman–Crippen MR) is 81.6 cm³/mol. The number of halogens is 3. The van der Waals surface area contributed by atoms with Gasteiger partial charge in [-0.05, 0) is 26.7 Å². The average molecular weight is 482 g/mol. The molecule has 0 fully saturated rings. The zero-order chi connectivity index (χ0) is 13.4. The molecule has 0 aliphatic heterocycles. The van der Waals surface area contributed by atoms with Crippen molar-refractivity contribution in [3.63, 3.8) is 0 Å². The number of carbonyl (C=O) groups excluding carboxylic acids is 1. The van der Waals surface area contributed by atoms with Crippen LogP contribution in [-0.4, -0.2) is 5.78 Å². The fraction of sp³-hybridized carbons (Fsp3) is 0. The summed E-state index contributed by atoms with van der Waals surface area (Å²) in [6.45, 7) is 0. The molecule has 18 heavy (non-hydrogen) atoms. The van der Waals surface area contributed by atoms with Gasteiger partial charge >= 0.3 is 0 Å². The van der Waals surface area contributed by atoms with Crippen LogP contribution in [0, 0.1) is 31.4 Å². The van der Waals surface area contributed by atoms with Gasteiger partial charge in [0.25, 0.3) is 0 Å². The molecule has 0 saturated carbocycles. The molecule has 1 heterocycles. The maximum atomic E-state index is 13.5. The summed E-state index contributed by atoms with van der Waals surface area (Å²) >= 11 is 4.41. The standard InChI is InChI=1S/C11HFI2N2OS/c12-11-8(14)7-6(4(2-15)3-16)5(1-13)9(17)10(7)18-11/h1H/b5-1-. The summed E-state index contributed by atoms with van der Waals surface area (Å²) in [6.07, 6.45) is 0. The second kappa shape index (κ2) is 5.07. The van der Waals surface area contributed by atoms with E-state index >= 15 is 0 Å². The maximum Gasteiger partial charge on any atom is 0.204 e. The lowest BCUT2D eigenvalue weighted by Gasteiger charge is -2.00. The predicted octanol–water partition coefficient (Wildman–Crippen LogP) is 3.81. The van der Waals surface area contributed by atoms with Crippen molar-refractivity contribution >= 4 is 67.9 Å². The topological polar surface area (TPSA) is 64.7 Å². The van der Waals surface area contributed by atoms with Crippen LogP contribution in [0.3, 0.4) is 0 Å². The minimum absolute atomic E-state index is 0.166. The molecule has 0 saturated heterocycles. The Balaban J connectivity index is 2.92. The van der Waals surface area contributed by atoms with E-state index in [2.05, 4.69) is 0 Å². The molecule has 0 atom stereocenters. The Bertz CT molecular complexity index is 703. The number of nitrogens with zero attached hydrogens (tertiary/aromatic N) is 2. The van der Waals surface area contributed by atoms with Crippen LogP contribution in [0.2, 0.25) is 0 Å². The largest absolute Gasteiger partial charge is 0.288 e. The zero-order valence-corrected chi connectivity index (χ0v) is 13.6. The fourth-order valence-corrected chi connectivity index (χ4v) is 4.16. The van der Waals surface area contributed by atoms with Crippen molar-refractivity contribution in [1.29, 1.82) is 10.5 Å². The van der Waals surface area contributed by atoms with Crippen LogP contribution in [0.5, 0.6) is 0 Å². The Kier molecular flexibility index (Phi) is 3.84. The molecule has 7 heteroatoms. The molecule has 0 N–H and O–H groups in total. The first-order valence-corrected chi connectivity index (χ1v) is 7.59. The molecule has 0 aromatic carbocycles. The normalized spacial score (nSPS) is 15.5. The van der Waals surface area contributed by atoms with Gasteiger partial charge in [0.05, 0.1) is 8.45 Å². The van der Waals surface area contributed by atoms with E-state index in [0.717, 1.165) is 11.3 Å². The van der Waals surface area contributed by atoms with E-state index in [-0.39, 0.29) is 30.9 Å². The quantitative estimate of drug-likeness (QED) is 0.321. The van der Waals surface area contributed by atoms with Crippen LogP contribution in [-0.2, 0) is 0 Å². The van der Waals surface area contributed by atoms with Crippen LogP contribution in [0.4, 0.5) is 4.39 Å². The highest BCUT2D eigenvalue weighted by atomic mass is 127. The first-order valence-electron chi connectivity index (χ1n) is 4.44. The first kappa shape index (κ1) is 13.6. The van der Waals surface area contributed by atoms with Crippen molar-refractivity contribution in [2.75, 3.05) is 0 Å². The van der Waals surface area contributed by atoms with Gasteiger partial charge < -0.3 is 0 Å². The van der Waals surface area contributed by atoms with Gasteiger partial charge in [0, 0.05) is 16.7 Å². The van der Waals surface area contributed by atoms with Crippen LogP contribution in [0.1, 0.15) is 15.2 Å². The van der Waals surface area contributed by atoms with Gasteiger partial charge in [-0.25, -0.2) is 0 Å². The summed E-state index contributed by atoms with van der Waals surface area (Å²) in [5.41, 5.74) is 0.747. The molecular formula is C11HFI2N2OS. The van der Waals surface area contributed by atoms with E-state index < -0.39 is 5.13 Å². The van der Waals surface area contributed by atoms with Crippen LogP contribution < -0.4 is 0 Å². The SMILES string of the molecule is N#CC(C#N)=C1/C(=C/I)C(=O)c2sc(F)c(I)c21. The summed E-state index contributed by atoms with van der Waals surface area (Å²) < 4.78 is 15.3. The molecule has 3 nitrogen and oxygen atoms in total. The van der Waals surface area contributed by atoms with Gasteiger partial charge in [-0.15, -0.1) is 11.3 Å².